The van der Waals surface area contributed by atoms with Gasteiger partial charge in [0.25, 0.3) is 0 Å². The van der Waals surface area contributed by atoms with Crippen LogP contribution in [0.3, 0.4) is 0 Å². The summed E-state index contributed by atoms with van der Waals surface area (Å²) in [5.74, 6) is 0.920. The minimum atomic E-state index is -4.48. The van der Waals surface area contributed by atoms with Crippen molar-refractivity contribution < 1.29 is 17.9 Å². The quantitative estimate of drug-likeness (QED) is 0.303. The molecule has 2 aromatic heterocycles. The predicted octanol–water partition coefficient (Wildman–Crippen LogP) is 5.88. The Labute approximate surface area is 213 Å². The summed E-state index contributed by atoms with van der Waals surface area (Å²) in [5, 5.41) is 11.9. The van der Waals surface area contributed by atoms with E-state index in [-0.39, 0.29) is 17.3 Å². The highest BCUT2D eigenvalue weighted by Gasteiger charge is 2.31. The second-order valence-electron chi connectivity index (χ2n) is 8.50. The van der Waals surface area contributed by atoms with E-state index >= 15 is 0 Å². The van der Waals surface area contributed by atoms with Crippen LogP contribution in [0.15, 0.2) is 72.9 Å². The number of halogens is 3. The molecule has 7 nitrogen and oxygen atoms in total. The summed E-state index contributed by atoms with van der Waals surface area (Å²) >= 11 is 0. The molecular formula is C27H27F3N6O. The molecule has 0 aliphatic rings. The number of benzene rings is 2. The highest BCUT2D eigenvalue weighted by molar-refractivity contribution is 5.80. The zero-order valence-electron chi connectivity index (χ0n) is 20.7. The molecule has 1 atom stereocenters. The van der Waals surface area contributed by atoms with Crippen LogP contribution in [0.5, 0.6) is 0 Å². The zero-order valence-corrected chi connectivity index (χ0v) is 20.7. The van der Waals surface area contributed by atoms with Crippen molar-refractivity contribution in [3.63, 3.8) is 0 Å². The Bertz CT molecular complexity index is 1330. The van der Waals surface area contributed by atoms with Crippen molar-refractivity contribution in [2.45, 2.75) is 19.1 Å². The van der Waals surface area contributed by atoms with E-state index in [4.69, 9.17) is 4.74 Å². The maximum Gasteiger partial charge on any atom is 0.416 e. The number of hydrogen-bond donors (Lipinski definition) is 1. The molecule has 1 N–H and O–H groups in total. The van der Waals surface area contributed by atoms with Crippen molar-refractivity contribution >= 4 is 11.8 Å². The van der Waals surface area contributed by atoms with Gasteiger partial charge in [-0.1, -0.05) is 42.5 Å². The van der Waals surface area contributed by atoms with Gasteiger partial charge in [-0.15, -0.1) is 10.2 Å². The number of methoxy groups -OCH3 is 1. The third kappa shape index (κ3) is 6.39. The molecule has 4 aromatic rings. The highest BCUT2D eigenvalue weighted by atomic mass is 19.4. The number of alkyl halides is 3. The molecule has 0 unspecified atom stereocenters. The van der Waals surface area contributed by atoms with Crippen molar-refractivity contribution in [3.05, 3.63) is 84.1 Å². The van der Waals surface area contributed by atoms with Gasteiger partial charge in [0.2, 0.25) is 5.95 Å². The molecule has 4 rings (SSSR count). The van der Waals surface area contributed by atoms with Crippen molar-refractivity contribution in [3.8, 4) is 22.5 Å². The van der Waals surface area contributed by atoms with Gasteiger partial charge < -0.3 is 15.0 Å². The molecule has 0 radical (unpaired) electrons. The molecule has 0 bridgehead atoms. The van der Waals surface area contributed by atoms with Crippen LogP contribution in [0.1, 0.15) is 24.1 Å². The second kappa shape index (κ2) is 11.3. The Morgan fingerprint density at radius 1 is 1.00 bits per heavy atom. The van der Waals surface area contributed by atoms with E-state index in [2.05, 4.69) is 25.5 Å². The Kier molecular flexibility index (Phi) is 7.98. The summed E-state index contributed by atoms with van der Waals surface area (Å²) in [6, 6.07) is 18.3. The van der Waals surface area contributed by atoms with E-state index in [1.807, 2.05) is 49.2 Å². The molecule has 2 heterocycles. The monoisotopic (exact) mass is 508 g/mol. The van der Waals surface area contributed by atoms with Gasteiger partial charge in [0, 0.05) is 38.0 Å². The first kappa shape index (κ1) is 26.0. The first-order valence-electron chi connectivity index (χ1n) is 11.7. The Balaban J connectivity index is 1.76. The maximum atomic E-state index is 13.4. The second-order valence-corrected chi connectivity index (χ2v) is 8.50. The van der Waals surface area contributed by atoms with Crippen molar-refractivity contribution in [2.75, 3.05) is 37.5 Å². The summed E-state index contributed by atoms with van der Waals surface area (Å²) in [5.41, 5.74) is 1.91. The van der Waals surface area contributed by atoms with E-state index in [0.717, 1.165) is 17.7 Å². The molecule has 0 saturated carbocycles. The lowest BCUT2D eigenvalue weighted by Gasteiger charge is -2.19. The molecule has 192 valence electrons. The van der Waals surface area contributed by atoms with Crippen LogP contribution in [0.25, 0.3) is 22.5 Å². The lowest BCUT2D eigenvalue weighted by Crippen LogP contribution is -2.23. The number of likely N-dealkylation sites (N-methyl/N-ethyl adjacent to an activating group) is 1. The first-order chi connectivity index (χ1) is 17.8. The Morgan fingerprint density at radius 2 is 1.78 bits per heavy atom. The summed E-state index contributed by atoms with van der Waals surface area (Å²) < 4.78 is 45.4. The smallest absolute Gasteiger partial charge is 0.383 e. The topological polar surface area (TPSA) is 76.1 Å². The van der Waals surface area contributed by atoms with Gasteiger partial charge >= 0.3 is 6.18 Å². The summed E-state index contributed by atoms with van der Waals surface area (Å²) in [7, 11) is 3.44. The van der Waals surface area contributed by atoms with E-state index in [1.165, 1.54) is 6.07 Å². The molecule has 2 aromatic carbocycles. The fraction of sp³-hybridized carbons (Fsp3) is 0.259. The van der Waals surface area contributed by atoms with E-state index < -0.39 is 11.7 Å². The fourth-order valence-corrected chi connectivity index (χ4v) is 3.76. The largest absolute Gasteiger partial charge is 0.416 e. The normalized spacial score (nSPS) is 12.3. The average Bonchev–Trinajstić information content (AvgIpc) is 2.91. The van der Waals surface area contributed by atoms with Gasteiger partial charge in [-0.05, 0) is 36.8 Å². The standard InChI is InChI=1S/C27H27F3N6O/c1-18(19-8-5-4-6-9-19)32-26-31-13-12-23(33-26)22-17-24(36(2)14-15-37-3)34-35-25(22)20-10-7-11-21(16-20)27(28,29)30/h4-13,16-18H,14-15H2,1-3H3,(H,31,32,33)/t18-/m0/s1. The van der Waals surface area contributed by atoms with Gasteiger partial charge in [-0.3, -0.25) is 0 Å². The zero-order chi connectivity index (χ0) is 26.4. The van der Waals surface area contributed by atoms with Crippen LogP contribution in [-0.4, -0.2) is 47.5 Å². The highest BCUT2D eigenvalue weighted by Crippen LogP contribution is 2.35. The molecule has 0 spiro atoms. The van der Waals surface area contributed by atoms with Crippen LogP contribution >= 0.6 is 0 Å². The third-order valence-electron chi connectivity index (χ3n) is 5.84. The number of nitrogens with zero attached hydrogens (tertiary/aromatic N) is 5. The van der Waals surface area contributed by atoms with Crippen LogP contribution in [0.2, 0.25) is 0 Å². The molecule has 10 heteroatoms. The van der Waals surface area contributed by atoms with Crippen LogP contribution in [0, 0.1) is 0 Å². The Morgan fingerprint density at radius 3 is 2.51 bits per heavy atom. The SMILES string of the molecule is COCCN(C)c1cc(-c2ccnc(N[C@@H](C)c3ccccc3)n2)c(-c2cccc(C(F)(F)F)c2)nn1. The number of ether oxygens (including phenoxy) is 1. The molecule has 0 amide bonds. The van der Waals surface area contributed by atoms with Gasteiger partial charge in [0.05, 0.1) is 23.9 Å². The predicted molar refractivity (Wildman–Crippen MR) is 137 cm³/mol. The van der Waals surface area contributed by atoms with Gasteiger partial charge in [-0.25, -0.2) is 9.97 Å². The molecule has 0 aliphatic carbocycles. The molecular weight excluding hydrogens is 481 g/mol. The lowest BCUT2D eigenvalue weighted by molar-refractivity contribution is -0.137. The van der Waals surface area contributed by atoms with E-state index in [9.17, 15) is 13.2 Å². The van der Waals surface area contributed by atoms with Gasteiger partial charge in [0.15, 0.2) is 5.82 Å². The first-order valence-corrected chi connectivity index (χ1v) is 11.7. The third-order valence-corrected chi connectivity index (χ3v) is 5.84. The molecule has 0 fully saturated rings. The fourth-order valence-electron chi connectivity index (χ4n) is 3.76. The summed E-state index contributed by atoms with van der Waals surface area (Å²) in [4.78, 5) is 10.9. The van der Waals surface area contributed by atoms with Gasteiger partial charge in [0.1, 0.15) is 5.69 Å². The van der Waals surface area contributed by atoms with Crippen molar-refractivity contribution in [1.29, 1.82) is 0 Å². The number of rotatable bonds is 9. The van der Waals surface area contributed by atoms with Crippen LogP contribution in [-0.2, 0) is 10.9 Å². The number of nitrogens with one attached hydrogen (secondary N) is 1. The van der Waals surface area contributed by atoms with E-state index in [0.29, 0.717) is 36.2 Å². The van der Waals surface area contributed by atoms with Crippen molar-refractivity contribution in [2.24, 2.45) is 0 Å². The minimum absolute atomic E-state index is 0.0642. The van der Waals surface area contributed by atoms with Crippen LogP contribution in [0.4, 0.5) is 24.9 Å². The minimum Gasteiger partial charge on any atom is -0.383 e. The molecule has 0 saturated heterocycles. The average molecular weight is 509 g/mol. The summed E-state index contributed by atoms with van der Waals surface area (Å²) in [6.07, 6.45) is -2.88. The molecule has 37 heavy (non-hydrogen) atoms. The van der Waals surface area contributed by atoms with Crippen molar-refractivity contribution in [1.82, 2.24) is 20.2 Å². The maximum absolute atomic E-state index is 13.4. The van der Waals surface area contributed by atoms with Crippen LogP contribution < -0.4 is 10.2 Å². The molecule has 0 aliphatic heterocycles. The number of hydrogen-bond acceptors (Lipinski definition) is 7. The van der Waals surface area contributed by atoms with E-state index in [1.54, 1.807) is 31.5 Å². The Hall–Kier alpha value is -4.05. The van der Waals surface area contributed by atoms with Gasteiger partial charge in [-0.2, -0.15) is 13.2 Å². The lowest BCUT2D eigenvalue weighted by atomic mass is 10.0. The number of aromatic nitrogens is 4. The summed E-state index contributed by atoms with van der Waals surface area (Å²) in [6.45, 7) is 3.02. The number of anilines is 2.